The first-order valence-electron chi connectivity index (χ1n) is 12.4. The Labute approximate surface area is 198 Å². The minimum atomic E-state index is -1.54. The fourth-order valence-corrected chi connectivity index (χ4v) is 5.54. The fraction of sp³-hybridized carbons (Fsp3) is 0.481. The summed E-state index contributed by atoms with van der Waals surface area (Å²) < 4.78 is 30.4. The Hall–Kier alpha value is -2.80. The molecule has 1 saturated carbocycles. The number of aromatic nitrogens is 2. The van der Waals surface area contributed by atoms with Gasteiger partial charge in [0.05, 0.1) is 6.10 Å². The number of nitrogens with zero attached hydrogens (tertiary/aromatic N) is 4. The van der Waals surface area contributed by atoms with Crippen LogP contribution in [0.15, 0.2) is 36.4 Å². The first-order valence-corrected chi connectivity index (χ1v) is 12.4. The van der Waals surface area contributed by atoms with Gasteiger partial charge in [0, 0.05) is 37.3 Å². The van der Waals surface area contributed by atoms with Gasteiger partial charge in [-0.3, -0.25) is 0 Å². The van der Waals surface area contributed by atoms with E-state index >= 15 is 8.78 Å². The molecule has 3 aliphatic rings. The standard InChI is InChI=1S/C27H30F2N4O/c1-17-4-2-3-5-21(17)18-6-11-32(12-7-18)25-22-14-19(33-13-8-20(34)16-33)15-23(28)24(22)30-26(31-25)27(29)9-10-27/h2-5,14-15,18,20,34H,6-13,16H2,1H3/t20-/m0/s1. The van der Waals surface area contributed by atoms with E-state index in [1.54, 1.807) is 0 Å². The number of benzene rings is 2. The number of anilines is 2. The topological polar surface area (TPSA) is 52.5 Å². The summed E-state index contributed by atoms with van der Waals surface area (Å²) in [4.78, 5) is 13.2. The molecule has 0 bridgehead atoms. The number of fused-ring (bicyclic) bond motifs is 1. The van der Waals surface area contributed by atoms with E-state index in [0.29, 0.717) is 49.5 Å². The summed E-state index contributed by atoms with van der Waals surface area (Å²) >= 11 is 0. The lowest BCUT2D eigenvalue weighted by Crippen LogP contribution is -2.34. The third-order valence-electron chi connectivity index (χ3n) is 7.76. The van der Waals surface area contributed by atoms with Crippen molar-refractivity contribution in [2.45, 2.75) is 56.7 Å². The van der Waals surface area contributed by atoms with Gasteiger partial charge in [-0.05, 0) is 68.2 Å². The normalized spacial score (nSPS) is 22.5. The summed E-state index contributed by atoms with van der Waals surface area (Å²) in [5.74, 6) is 0.754. The fourth-order valence-electron chi connectivity index (χ4n) is 5.54. The predicted octanol–water partition coefficient (Wildman–Crippen LogP) is 4.99. The number of piperidine rings is 1. The second-order valence-electron chi connectivity index (χ2n) is 10.2. The largest absolute Gasteiger partial charge is 0.391 e. The van der Waals surface area contributed by atoms with Gasteiger partial charge in [0.1, 0.15) is 11.3 Å². The lowest BCUT2D eigenvalue weighted by molar-refractivity contribution is 0.198. The summed E-state index contributed by atoms with van der Waals surface area (Å²) in [6.45, 7) is 4.86. The second-order valence-corrected chi connectivity index (χ2v) is 10.2. The van der Waals surface area contributed by atoms with Gasteiger partial charge in [0.2, 0.25) is 0 Å². The van der Waals surface area contributed by atoms with Crippen molar-refractivity contribution in [3.05, 3.63) is 59.2 Å². The molecular formula is C27H30F2N4O. The molecular weight excluding hydrogens is 434 g/mol. The minimum absolute atomic E-state index is 0.110. The molecule has 5 nitrogen and oxygen atoms in total. The first-order chi connectivity index (χ1) is 16.4. The van der Waals surface area contributed by atoms with Gasteiger partial charge in [-0.15, -0.1) is 0 Å². The maximum absolute atomic E-state index is 15.3. The van der Waals surface area contributed by atoms with Crippen LogP contribution in [0.4, 0.5) is 20.3 Å². The van der Waals surface area contributed by atoms with E-state index < -0.39 is 17.6 Å². The molecule has 2 aliphatic heterocycles. The van der Waals surface area contributed by atoms with E-state index in [1.165, 1.54) is 17.2 Å². The molecule has 2 saturated heterocycles. The highest BCUT2D eigenvalue weighted by Crippen LogP contribution is 2.49. The lowest BCUT2D eigenvalue weighted by atomic mass is 9.87. The van der Waals surface area contributed by atoms with Crippen LogP contribution in [-0.2, 0) is 5.67 Å². The highest BCUT2D eigenvalue weighted by Gasteiger charge is 2.48. The molecule has 1 aromatic heterocycles. The minimum Gasteiger partial charge on any atom is -0.391 e. The third kappa shape index (κ3) is 3.80. The maximum atomic E-state index is 15.3. The molecule has 1 N–H and O–H groups in total. The summed E-state index contributed by atoms with van der Waals surface area (Å²) in [5.41, 5.74) is 2.07. The van der Waals surface area contributed by atoms with E-state index in [1.807, 2.05) is 11.0 Å². The van der Waals surface area contributed by atoms with Crippen molar-refractivity contribution in [3.63, 3.8) is 0 Å². The smallest absolute Gasteiger partial charge is 0.170 e. The van der Waals surface area contributed by atoms with Crippen LogP contribution in [0.2, 0.25) is 0 Å². The van der Waals surface area contributed by atoms with E-state index in [0.717, 1.165) is 31.6 Å². The summed E-state index contributed by atoms with van der Waals surface area (Å²) in [5, 5.41) is 10.6. The number of hydrogen-bond donors (Lipinski definition) is 1. The van der Waals surface area contributed by atoms with Crippen molar-refractivity contribution in [1.82, 2.24) is 9.97 Å². The molecule has 34 heavy (non-hydrogen) atoms. The molecule has 1 atom stereocenters. The molecule has 1 aliphatic carbocycles. The highest BCUT2D eigenvalue weighted by molar-refractivity contribution is 5.93. The molecule has 0 unspecified atom stereocenters. The van der Waals surface area contributed by atoms with Crippen molar-refractivity contribution in [1.29, 1.82) is 0 Å². The first kappa shape index (κ1) is 21.7. The van der Waals surface area contributed by atoms with Crippen LogP contribution < -0.4 is 9.80 Å². The number of β-amino-alcohol motifs (C(OH)–C–C–N with tert-alkyl or cyclic N) is 1. The van der Waals surface area contributed by atoms with Crippen LogP contribution in [-0.4, -0.2) is 47.4 Å². The van der Waals surface area contributed by atoms with Gasteiger partial charge in [-0.2, -0.15) is 0 Å². The number of aliphatic hydroxyl groups is 1. The number of rotatable bonds is 4. The second kappa shape index (κ2) is 8.15. The number of hydrogen-bond acceptors (Lipinski definition) is 5. The quantitative estimate of drug-likeness (QED) is 0.590. The van der Waals surface area contributed by atoms with Gasteiger partial charge >= 0.3 is 0 Å². The van der Waals surface area contributed by atoms with E-state index in [-0.39, 0.29) is 11.3 Å². The number of alkyl halides is 1. The van der Waals surface area contributed by atoms with Crippen molar-refractivity contribution in [2.24, 2.45) is 0 Å². The lowest BCUT2D eigenvalue weighted by Gasteiger charge is -2.34. The molecule has 2 aromatic carbocycles. The van der Waals surface area contributed by atoms with Crippen LogP contribution in [0.3, 0.4) is 0 Å². The highest BCUT2D eigenvalue weighted by atomic mass is 19.1. The van der Waals surface area contributed by atoms with Gasteiger partial charge in [-0.25, -0.2) is 18.7 Å². The van der Waals surface area contributed by atoms with Gasteiger partial charge in [0.15, 0.2) is 17.3 Å². The van der Waals surface area contributed by atoms with Crippen molar-refractivity contribution < 1.29 is 13.9 Å². The summed E-state index contributed by atoms with van der Waals surface area (Å²) in [6, 6.07) is 11.9. The van der Waals surface area contributed by atoms with Crippen LogP contribution in [0.25, 0.3) is 10.9 Å². The molecule has 0 radical (unpaired) electrons. The Morgan fingerprint density at radius 1 is 1.00 bits per heavy atom. The number of aliphatic hydroxyl groups excluding tert-OH is 1. The zero-order chi connectivity index (χ0) is 23.4. The number of aryl methyl sites for hydroxylation is 1. The maximum Gasteiger partial charge on any atom is 0.170 e. The van der Waals surface area contributed by atoms with Crippen LogP contribution in [0.5, 0.6) is 0 Å². The zero-order valence-corrected chi connectivity index (χ0v) is 19.5. The van der Waals surface area contributed by atoms with Gasteiger partial charge in [0.25, 0.3) is 0 Å². The van der Waals surface area contributed by atoms with Crippen molar-refractivity contribution >= 4 is 22.4 Å². The van der Waals surface area contributed by atoms with Crippen LogP contribution >= 0.6 is 0 Å². The van der Waals surface area contributed by atoms with Crippen molar-refractivity contribution in [3.8, 4) is 0 Å². The molecule has 178 valence electrons. The molecule has 0 amide bonds. The SMILES string of the molecule is Cc1ccccc1C1CCN(c2nc(C3(F)CC3)nc3c(F)cc(N4CC[C@H](O)C4)cc23)CC1. The predicted molar refractivity (Wildman–Crippen MR) is 130 cm³/mol. The molecule has 3 aromatic rings. The molecule has 0 spiro atoms. The average molecular weight is 465 g/mol. The average Bonchev–Trinajstić information content (AvgIpc) is 3.45. The Bertz CT molecular complexity index is 1240. The summed E-state index contributed by atoms with van der Waals surface area (Å²) in [7, 11) is 0. The van der Waals surface area contributed by atoms with Gasteiger partial charge in [-0.1, -0.05) is 24.3 Å². The Kier molecular flexibility index (Phi) is 5.21. The molecule has 3 fully saturated rings. The van der Waals surface area contributed by atoms with E-state index in [2.05, 4.69) is 41.1 Å². The van der Waals surface area contributed by atoms with Crippen molar-refractivity contribution in [2.75, 3.05) is 36.0 Å². The van der Waals surface area contributed by atoms with E-state index in [9.17, 15) is 5.11 Å². The van der Waals surface area contributed by atoms with Crippen LogP contribution in [0.1, 0.15) is 55.0 Å². The molecule has 3 heterocycles. The Morgan fingerprint density at radius 3 is 2.41 bits per heavy atom. The molecule has 6 rings (SSSR count). The Balaban J connectivity index is 1.38. The Morgan fingerprint density at radius 2 is 1.74 bits per heavy atom. The molecule has 7 heteroatoms. The van der Waals surface area contributed by atoms with E-state index in [4.69, 9.17) is 4.98 Å². The van der Waals surface area contributed by atoms with Gasteiger partial charge < -0.3 is 14.9 Å². The monoisotopic (exact) mass is 464 g/mol. The third-order valence-corrected chi connectivity index (χ3v) is 7.76. The van der Waals surface area contributed by atoms with Crippen LogP contribution in [0, 0.1) is 12.7 Å². The zero-order valence-electron chi connectivity index (χ0n) is 19.5. The number of halogens is 2. The summed E-state index contributed by atoms with van der Waals surface area (Å²) in [6.07, 6.45) is 2.97.